The van der Waals surface area contributed by atoms with Crippen molar-refractivity contribution in [2.75, 3.05) is 13.2 Å². The average Bonchev–Trinajstić information content (AvgIpc) is 3.34. The van der Waals surface area contributed by atoms with E-state index in [1.54, 1.807) is 11.6 Å². The third-order valence-electron chi connectivity index (χ3n) is 8.60. The molecule has 0 saturated heterocycles. The molecule has 0 atom stereocenters. The van der Waals surface area contributed by atoms with E-state index in [2.05, 4.69) is 31.2 Å². The fraction of sp³-hybridized carbons (Fsp3) is 0.562. The summed E-state index contributed by atoms with van der Waals surface area (Å²) in [6, 6.07) is 15.3. The van der Waals surface area contributed by atoms with Gasteiger partial charge in [0.15, 0.2) is 16.6 Å². The standard InChI is InChI=1S/C32H41FO2S/c1-3-5-22-6-10-24(11-7-22)26-14-16-27(17-15-26)25-12-8-23(9-13-25)21-35-30-20-28-18-19-29(34-4-2)31(33)32(28)36-30/h14-20,22-25H,3-13,21H2,1-2H3. The minimum atomic E-state index is -0.273. The number of ether oxygens (including phenoxy) is 2. The lowest BCUT2D eigenvalue weighted by atomic mass is 9.76. The first-order valence-electron chi connectivity index (χ1n) is 14.2. The van der Waals surface area contributed by atoms with Gasteiger partial charge in [-0.1, -0.05) is 55.4 Å². The maximum absolute atomic E-state index is 14.7. The van der Waals surface area contributed by atoms with Crippen LogP contribution in [-0.4, -0.2) is 13.2 Å². The SMILES string of the molecule is CCCC1CCC(c2ccc(C3CCC(COc4cc5ccc(OCC)c(F)c5s4)CC3)cc2)CC1. The third-order valence-corrected chi connectivity index (χ3v) is 9.65. The van der Waals surface area contributed by atoms with E-state index in [4.69, 9.17) is 9.47 Å². The molecule has 0 unspecified atom stereocenters. The summed E-state index contributed by atoms with van der Waals surface area (Å²) >= 11 is 1.39. The van der Waals surface area contributed by atoms with E-state index in [0.29, 0.717) is 28.9 Å². The van der Waals surface area contributed by atoms with Gasteiger partial charge < -0.3 is 9.47 Å². The van der Waals surface area contributed by atoms with Crippen molar-refractivity contribution >= 4 is 21.4 Å². The summed E-state index contributed by atoms with van der Waals surface area (Å²) in [5, 5.41) is 1.69. The Bertz CT molecular complexity index is 1110. The first-order chi connectivity index (χ1) is 17.6. The molecule has 1 heterocycles. The quantitative estimate of drug-likeness (QED) is 0.286. The van der Waals surface area contributed by atoms with Crippen LogP contribution in [0.15, 0.2) is 42.5 Å². The van der Waals surface area contributed by atoms with Crippen LogP contribution in [0.2, 0.25) is 0 Å². The molecule has 2 aliphatic rings. The van der Waals surface area contributed by atoms with Crippen LogP contribution < -0.4 is 9.47 Å². The highest BCUT2D eigenvalue weighted by Crippen LogP contribution is 2.41. The Balaban J connectivity index is 1.10. The van der Waals surface area contributed by atoms with Crippen molar-refractivity contribution in [3.8, 4) is 10.8 Å². The van der Waals surface area contributed by atoms with Gasteiger partial charge in [-0.15, -0.1) is 0 Å². The molecule has 2 aromatic carbocycles. The maximum Gasteiger partial charge on any atom is 0.182 e. The van der Waals surface area contributed by atoms with Gasteiger partial charge in [-0.05, 0) is 117 Å². The molecule has 0 spiro atoms. The maximum atomic E-state index is 14.7. The van der Waals surface area contributed by atoms with Gasteiger partial charge in [0.2, 0.25) is 0 Å². The predicted octanol–water partition coefficient (Wildman–Crippen LogP) is 9.87. The normalized spacial score (nSPS) is 24.6. The van der Waals surface area contributed by atoms with Crippen LogP contribution in [0.1, 0.15) is 101 Å². The Morgan fingerprint density at radius 3 is 1.97 bits per heavy atom. The highest BCUT2D eigenvalue weighted by atomic mass is 32.1. The van der Waals surface area contributed by atoms with Crippen molar-refractivity contribution in [1.29, 1.82) is 0 Å². The van der Waals surface area contributed by atoms with Crippen LogP contribution in [0.3, 0.4) is 0 Å². The van der Waals surface area contributed by atoms with Crippen molar-refractivity contribution in [3.05, 3.63) is 59.4 Å². The Morgan fingerprint density at radius 1 is 0.778 bits per heavy atom. The Morgan fingerprint density at radius 2 is 1.39 bits per heavy atom. The molecule has 1 aromatic heterocycles. The molecule has 0 aliphatic heterocycles. The molecule has 0 N–H and O–H groups in total. The van der Waals surface area contributed by atoms with Crippen LogP contribution in [-0.2, 0) is 0 Å². The molecule has 0 radical (unpaired) electrons. The molecular formula is C32H41FO2S. The molecule has 5 rings (SSSR count). The Hall–Kier alpha value is -2.07. The fourth-order valence-corrected chi connectivity index (χ4v) is 7.41. The zero-order chi connectivity index (χ0) is 24.9. The largest absolute Gasteiger partial charge is 0.491 e. The van der Waals surface area contributed by atoms with Gasteiger partial charge in [0.1, 0.15) is 0 Å². The second-order valence-electron chi connectivity index (χ2n) is 11.0. The smallest absolute Gasteiger partial charge is 0.182 e. The van der Waals surface area contributed by atoms with Gasteiger partial charge in [-0.2, -0.15) is 0 Å². The summed E-state index contributed by atoms with van der Waals surface area (Å²) in [6.07, 6.45) is 13.2. The number of rotatable bonds is 9. The van der Waals surface area contributed by atoms with Gasteiger partial charge >= 0.3 is 0 Å². The molecule has 36 heavy (non-hydrogen) atoms. The molecule has 0 bridgehead atoms. The van der Waals surface area contributed by atoms with Crippen molar-refractivity contribution in [2.45, 2.75) is 89.9 Å². The topological polar surface area (TPSA) is 18.5 Å². The first kappa shape index (κ1) is 25.6. The zero-order valence-corrected chi connectivity index (χ0v) is 22.8. The number of halogens is 1. The summed E-state index contributed by atoms with van der Waals surface area (Å²) in [5.74, 6) is 3.04. The highest BCUT2D eigenvalue weighted by molar-refractivity contribution is 7.20. The van der Waals surface area contributed by atoms with Crippen molar-refractivity contribution in [1.82, 2.24) is 0 Å². The minimum Gasteiger partial charge on any atom is -0.491 e. The second-order valence-corrected chi connectivity index (χ2v) is 12.0. The second kappa shape index (κ2) is 12.0. The number of fused-ring (bicyclic) bond motifs is 1. The van der Waals surface area contributed by atoms with Crippen LogP contribution in [0.4, 0.5) is 4.39 Å². The van der Waals surface area contributed by atoms with Crippen LogP contribution in [0.5, 0.6) is 10.8 Å². The highest BCUT2D eigenvalue weighted by Gasteiger charge is 2.25. The summed E-state index contributed by atoms with van der Waals surface area (Å²) in [4.78, 5) is 0. The molecule has 2 saturated carbocycles. The van der Waals surface area contributed by atoms with Crippen LogP contribution in [0, 0.1) is 17.7 Å². The molecule has 0 amide bonds. The minimum absolute atomic E-state index is 0.273. The van der Waals surface area contributed by atoms with E-state index in [1.807, 2.05) is 19.1 Å². The molecule has 4 heteroatoms. The third kappa shape index (κ3) is 5.90. The molecular weight excluding hydrogens is 467 g/mol. The Kier molecular flexibility index (Phi) is 8.51. The number of thiophene rings is 1. The lowest BCUT2D eigenvalue weighted by molar-refractivity contribution is 0.204. The summed E-state index contributed by atoms with van der Waals surface area (Å²) in [7, 11) is 0. The molecule has 2 aliphatic carbocycles. The van der Waals surface area contributed by atoms with E-state index in [0.717, 1.165) is 28.9 Å². The summed E-state index contributed by atoms with van der Waals surface area (Å²) < 4.78 is 26.8. The number of benzene rings is 2. The molecule has 194 valence electrons. The van der Waals surface area contributed by atoms with Crippen molar-refractivity contribution in [2.24, 2.45) is 11.8 Å². The lowest BCUT2D eigenvalue weighted by Gasteiger charge is -2.30. The van der Waals surface area contributed by atoms with Gasteiger partial charge in [0.25, 0.3) is 0 Å². The van der Waals surface area contributed by atoms with E-state index < -0.39 is 0 Å². The van der Waals surface area contributed by atoms with Gasteiger partial charge in [0.05, 0.1) is 17.9 Å². The van der Waals surface area contributed by atoms with E-state index >= 15 is 0 Å². The van der Waals surface area contributed by atoms with E-state index in [-0.39, 0.29) is 5.82 Å². The van der Waals surface area contributed by atoms with Crippen LogP contribution >= 0.6 is 11.3 Å². The first-order valence-corrected chi connectivity index (χ1v) is 15.0. The van der Waals surface area contributed by atoms with Crippen molar-refractivity contribution < 1.29 is 13.9 Å². The average molecular weight is 509 g/mol. The predicted molar refractivity (Wildman–Crippen MR) is 149 cm³/mol. The van der Waals surface area contributed by atoms with Gasteiger partial charge in [-0.3, -0.25) is 0 Å². The van der Waals surface area contributed by atoms with E-state index in [9.17, 15) is 4.39 Å². The van der Waals surface area contributed by atoms with Crippen LogP contribution in [0.25, 0.3) is 10.1 Å². The zero-order valence-electron chi connectivity index (χ0n) is 21.9. The molecule has 2 nitrogen and oxygen atoms in total. The summed E-state index contributed by atoms with van der Waals surface area (Å²) in [6.45, 7) is 5.37. The summed E-state index contributed by atoms with van der Waals surface area (Å²) in [5.41, 5.74) is 3.08. The number of hydrogen-bond donors (Lipinski definition) is 0. The number of hydrogen-bond acceptors (Lipinski definition) is 3. The van der Waals surface area contributed by atoms with E-state index in [1.165, 1.54) is 81.1 Å². The lowest BCUT2D eigenvalue weighted by Crippen LogP contribution is -2.19. The Labute approximate surface area is 220 Å². The molecule has 3 aromatic rings. The monoisotopic (exact) mass is 508 g/mol. The van der Waals surface area contributed by atoms with Gasteiger partial charge in [-0.25, -0.2) is 4.39 Å². The molecule has 2 fully saturated rings. The fourth-order valence-electron chi connectivity index (χ4n) is 6.46. The van der Waals surface area contributed by atoms with Gasteiger partial charge in [0, 0.05) is 0 Å². The van der Waals surface area contributed by atoms with Crippen molar-refractivity contribution in [3.63, 3.8) is 0 Å².